The zero-order valence-corrected chi connectivity index (χ0v) is 21.3. The fourth-order valence-electron chi connectivity index (χ4n) is 3.96. The number of anilines is 1. The number of benzene rings is 2. The Morgan fingerprint density at radius 3 is 2.33 bits per heavy atom. The first-order chi connectivity index (χ1) is 17.2. The number of aromatic nitrogens is 2. The van der Waals surface area contributed by atoms with E-state index in [0.717, 1.165) is 0 Å². The van der Waals surface area contributed by atoms with Gasteiger partial charge in [-0.05, 0) is 54.8 Å². The van der Waals surface area contributed by atoms with Gasteiger partial charge in [-0.1, -0.05) is 28.4 Å². The van der Waals surface area contributed by atoms with Crippen molar-refractivity contribution in [3.63, 3.8) is 0 Å². The van der Waals surface area contributed by atoms with Crippen molar-refractivity contribution in [2.75, 3.05) is 31.5 Å². The standard InChI is InChI=1S/C23H22Cl2FN5O4S/c24-19-11-16(27-23(32)30-7-9-31(10-8-30)36(33,34)17-5-6-17)12-20(25)18(19)13-21-28-22(35-29-21)14-1-3-15(26)4-2-14/h1-4,11-12,17H,5-10,13H2,(H,27,32). The van der Waals surface area contributed by atoms with Crippen molar-refractivity contribution in [2.45, 2.75) is 24.5 Å². The highest BCUT2D eigenvalue weighted by Gasteiger charge is 2.41. The van der Waals surface area contributed by atoms with Gasteiger partial charge >= 0.3 is 6.03 Å². The van der Waals surface area contributed by atoms with Gasteiger partial charge in [0, 0.05) is 53.9 Å². The number of sulfonamides is 1. The van der Waals surface area contributed by atoms with Crippen LogP contribution in [-0.4, -0.2) is 65.2 Å². The topological polar surface area (TPSA) is 109 Å². The van der Waals surface area contributed by atoms with Crippen molar-refractivity contribution in [3.05, 3.63) is 63.6 Å². The summed E-state index contributed by atoms with van der Waals surface area (Å²) in [5.41, 5.74) is 1.55. The number of hydrogen-bond acceptors (Lipinski definition) is 6. The third kappa shape index (κ3) is 5.34. The van der Waals surface area contributed by atoms with Crippen LogP contribution in [0.1, 0.15) is 24.2 Å². The predicted octanol–water partition coefficient (Wildman–Crippen LogP) is 4.42. The summed E-state index contributed by atoms with van der Waals surface area (Å²) in [6.07, 6.45) is 1.61. The summed E-state index contributed by atoms with van der Waals surface area (Å²) in [5.74, 6) is 0.216. The molecule has 13 heteroatoms. The van der Waals surface area contributed by atoms with E-state index in [9.17, 15) is 17.6 Å². The van der Waals surface area contributed by atoms with Crippen LogP contribution in [0.3, 0.4) is 0 Å². The Hall–Kier alpha value is -2.73. The first-order valence-electron chi connectivity index (χ1n) is 11.3. The summed E-state index contributed by atoms with van der Waals surface area (Å²) in [6.45, 7) is 1.14. The second-order valence-corrected chi connectivity index (χ2v) is 11.7. The van der Waals surface area contributed by atoms with Gasteiger partial charge in [0.05, 0.1) is 5.25 Å². The molecule has 2 fully saturated rings. The average molecular weight is 554 g/mol. The summed E-state index contributed by atoms with van der Waals surface area (Å²) in [5, 5.41) is 7.08. The van der Waals surface area contributed by atoms with Crippen LogP contribution >= 0.6 is 23.2 Å². The number of carbonyl (C=O) groups excluding carboxylic acids is 1. The fraction of sp³-hybridized carbons (Fsp3) is 0.348. The lowest BCUT2D eigenvalue weighted by atomic mass is 10.1. The Balaban J connectivity index is 1.21. The largest absolute Gasteiger partial charge is 0.334 e. The summed E-state index contributed by atoms with van der Waals surface area (Å²) < 4.78 is 44.6. The number of rotatable bonds is 6. The van der Waals surface area contributed by atoms with Gasteiger partial charge in [-0.3, -0.25) is 0 Å². The van der Waals surface area contributed by atoms with E-state index in [0.29, 0.717) is 58.6 Å². The second kappa shape index (κ2) is 9.97. The Morgan fingerprint density at radius 2 is 1.72 bits per heavy atom. The van der Waals surface area contributed by atoms with Gasteiger partial charge < -0.3 is 14.7 Å². The number of carbonyl (C=O) groups is 1. The molecule has 0 unspecified atom stereocenters. The second-order valence-electron chi connectivity index (χ2n) is 8.68. The number of piperazine rings is 1. The van der Waals surface area contributed by atoms with E-state index in [1.54, 1.807) is 17.0 Å². The quantitative estimate of drug-likeness (QED) is 0.484. The lowest BCUT2D eigenvalue weighted by Gasteiger charge is -2.34. The molecule has 190 valence electrons. The van der Waals surface area contributed by atoms with E-state index in [1.165, 1.54) is 28.6 Å². The van der Waals surface area contributed by atoms with E-state index < -0.39 is 10.0 Å². The van der Waals surface area contributed by atoms with Gasteiger partial charge in [0.25, 0.3) is 5.89 Å². The summed E-state index contributed by atoms with van der Waals surface area (Å²) in [4.78, 5) is 18.6. The molecule has 0 bridgehead atoms. The number of urea groups is 1. The Bertz CT molecular complexity index is 1360. The van der Waals surface area contributed by atoms with Gasteiger partial charge in [0.2, 0.25) is 10.0 Å². The van der Waals surface area contributed by atoms with Crippen LogP contribution in [0.5, 0.6) is 0 Å². The van der Waals surface area contributed by atoms with Crippen molar-refractivity contribution in [2.24, 2.45) is 0 Å². The Labute approximate surface area is 217 Å². The molecular weight excluding hydrogens is 532 g/mol. The molecule has 2 heterocycles. The van der Waals surface area contributed by atoms with Crippen molar-refractivity contribution in [1.82, 2.24) is 19.3 Å². The summed E-state index contributed by atoms with van der Waals surface area (Å²) >= 11 is 12.9. The van der Waals surface area contributed by atoms with Gasteiger partial charge in [-0.25, -0.2) is 17.6 Å². The molecule has 0 spiro atoms. The van der Waals surface area contributed by atoms with Crippen LogP contribution in [0, 0.1) is 5.82 Å². The third-order valence-corrected chi connectivity index (χ3v) is 9.19. The number of amides is 2. The maximum Gasteiger partial charge on any atom is 0.321 e. The zero-order chi connectivity index (χ0) is 25.4. The highest BCUT2D eigenvalue weighted by Crippen LogP contribution is 2.33. The molecule has 1 aromatic heterocycles. The van der Waals surface area contributed by atoms with Crippen molar-refractivity contribution < 1.29 is 22.1 Å². The van der Waals surface area contributed by atoms with Crippen LogP contribution in [0.4, 0.5) is 14.9 Å². The number of halogens is 3. The van der Waals surface area contributed by atoms with Crippen LogP contribution in [0.2, 0.25) is 10.0 Å². The molecule has 0 atom stereocenters. The molecule has 2 aliphatic rings. The summed E-state index contributed by atoms with van der Waals surface area (Å²) in [6, 6.07) is 8.48. The van der Waals surface area contributed by atoms with Crippen LogP contribution in [0.15, 0.2) is 40.9 Å². The molecule has 2 aromatic carbocycles. The highest BCUT2D eigenvalue weighted by atomic mass is 35.5. The van der Waals surface area contributed by atoms with E-state index in [1.807, 2.05) is 0 Å². The lowest BCUT2D eigenvalue weighted by Crippen LogP contribution is -2.52. The first-order valence-corrected chi connectivity index (χ1v) is 13.6. The molecule has 2 amide bonds. The molecule has 36 heavy (non-hydrogen) atoms. The molecule has 5 rings (SSSR count). The molecule has 0 radical (unpaired) electrons. The Kier molecular flexibility index (Phi) is 6.90. The van der Waals surface area contributed by atoms with Gasteiger partial charge in [-0.15, -0.1) is 0 Å². The molecule has 1 N–H and O–H groups in total. The maximum absolute atomic E-state index is 13.1. The predicted molar refractivity (Wildman–Crippen MR) is 133 cm³/mol. The molecule has 1 aliphatic carbocycles. The normalized spacial score (nSPS) is 16.8. The maximum atomic E-state index is 13.1. The first kappa shape index (κ1) is 24.9. The third-order valence-electron chi connectivity index (χ3n) is 6.12. The van der Waals surface area contributed by atoms with Crippen LogP contribution < -0.4 is 5.32 Å². The minimum absolute atomic E-state index is 0.189. The van der Waals surface area contributed by atoms with Crippen molar-refractivity contribution in [3.8, 4) is 11.5 Å². The van der Waals surface area contributed by atoms with Gasteiger partial charge in [0.1, 0.15) is 5.82 Å². The highest BCUT2D eigenvalue weighted by molar-refractivity contribution is 7.90. The zero-order valence-electron chi connectivity index (χ0n) is 19.0. The van der Waals surface area contributed by atoms with Crippen molar-refractivity contribution in [1.29, 1.82) is 0 Å². The Morgan fingerprint density at radius 1 is 1.08 bits per heavy atom. The summed E-state index contributed by atoms with van der Waals surface area (Å²) in [7, 11) is -3.25. The van der Waals surface area contributed by atoms with Crippen LogP contribution in [-0.2, 0) is 16.4 Å². The lowest BCUT2D eigenvalue weighted by molar-refractivity contribution is 0.184. The number of hydrogen-bond donors (Lipinski definition) is 1. The SMILES string of the molecule is O=C(Nc1cc(Cl)c(Cc2noc(-c3ccc(F)cc3)n2)c(Cl)c1)N1CCN(S(=O)(=O)C2CC2)CC1. The molecule has 1 saturated heterocycles. The average Bonchev–Trinajstić information content (AvgIpc) is 3.62. The van der Waals surface area contributed by atoms with Gasteiger partial charge in [-0.2, -0.15) is 9.29 Å². The minimum Gasteiger partial charge on any atom is -0.334 e. The van der Waals surface area contributed by atoms with E-state index >= 15 is 0 Å². The number of nitrogens with one attached hydrogen (secondary N) is 1. The molecule has 1 aliphatic heterocycles. The van der Waals surface area contributed by atoms with Crippen LogP contribution in [0.25, 0.3) is 11.5 Å². The molecule has 3 aromatic rings. The minimum atomic E-state index is -3.25. The smallest absolute Gasteiger partial charge is 0.321 e. The van der Waals surface area contributed by atoms with E-state index in [2.05, 4.69) is 15.5 Å². The fourth-order valence-corrected chi connectivity index (χ4v) is 6.41. The molecular formula is C23H22Cl2FN5O4S. The van der Waals surface area contributed by atoms with E-state index in [-0.39, 0.29) is 42.5 Å². The van der Waals surface area contributed by atoms with Crippen molar-refractivity contribution >= 4 is 44.9 Å². The van der Waals surface area contributed by atoms with E-state index in [4.69, 9.17) is 27.7 Å². The van der Waals surface area contributed by atoms with Gasteiger partial charge in [0.15, 0.2) is 5.82 Å². The monoisotopic (exact) mass is 553 g/mol. The molecule has 1 saturated carbocycles. The number of nitrogens with zero attached hydrogens (tertiary/aromatic N) is 4. The molecule has 9 nitrogen and oxygen atoms in total.